The summed E-state index contributed by atoms with van der Waals surface area (Å²) in [4.78, 5) is 17.8. The van der Waals surface area contributed by atoms with E-state index in [1.165, 1.54) is 16.4 Å². The van der Waals surface area contributed by atoms with Crippen LogP contribution in [0.4, 0.5) is 4.79 Å². The van der Waals surface area contributed by atoms with Gasteiger partial charge in [0, 0.05) is 30.6 Å². The molecule has 2 fully saturated rings. The SMILES string of the molecule is Cc1nc(COc2ccc(C[C@H](CCN(CC(C)C)S(=O)(=O)c3ccc4c(c3)OCO4)NC(=O)O[C@H]3CO[C@H]4OCC[C@H]43)cc2)cs1. The molecule has 2 saturated heterocycles. The number of hydrogen-bond donors (Lipinski definition) is 1. The first-order valence-corrected chi connectivity index (χ1v) is 18.2. The Morgan fingerprint density at radius 1 is 1.13 bits per heavy atom. The van der Waals surface area contributed by atoms with Crippen LogP contribution < -0.4 is 19.5 Å². The van der Waals surface area contributed by atoms with Gasteiger partial charge in [0.05, 0.1) is 34.7 Å². The van der Waals surface area contributed by atoms with Gasteiger partial charge in [0.15, 0.2) is 17.8 Å². The second kappa shape index (κ2) is 14.8. The summed E-state index contributed by atoms with van der Waals surface area (Å²) in [7, 11) is -3.87. The van der Waals surface area contributed by atoms with E-state index in [4.69, 9.17) is 28.4 Å². The third kappa shape index (κ3) is 8.36. The third-order valence-corrected chi connectivity index (χ3v) is 11.0. The zero-order valence-electron chi connectivity index (χ0n) is 26.8. The van der Waals surface area contributed by atoms with E-state index in [0.29, 0.717) is 49.8 Å². The van der Waals surface area contributed by atoms with E-state index < -0.39 is 28.3 Å². The van der Waals surface area contributed by atoms with E-state index in [1.54, 1.807) is 17.4 Å². The van der Waals surface area contributed by atoms with Crippen molar-refractivity contribution in [1.29, 1.82) is 0 Å². The molecule has 3 aliphatic heterocycles. The largest absolute Gasteiger partial charge is 0.487 e. The van der Waals surface area contributed by atoms with Crippen LogP contribution in [0.1, 0.15) is 43.0 Å². The monoisotopic (exact) mass is 687 g/mol. The summed E-state index contributed by atoms with van der Waals surface area (Å²) < 4.78 is 62.9. The lowest BCUT2D eigenvalue weighted by molar-refractivity contribution is -0.0907. The molecule has 2 aromatic carbocycles. The Hall–Kier alpha value is -3.43. The first kappa shape index (κ1) is 33.5. The molecule has 0 unspecified atom stereocenters. The van der Waals surface area contributed by atoms with Gasteiger partial charge in [0.1, 0.15) is 18.5 Å². The molecule has 14 heteroatoms. The van der Waals surface area contributed by atoms with E-state index in [9.17, 15) is 13.2 Å². The second-order valence-electron chi connectivity index (χ2n) is 12.4. The van der Waals surface area contributed by atoms with E-state index in [-0.39, 0.29) is 43.0 Å². The zero-order chi connectivity index (χ0) is 33.0. The summed E-state index contributed by atoms with van der Waals surface area (Å²) in [5, 5.41) is 5.98. The van der Waals surface area contributed by atoms with Crippen molar-refractivity contribution in [1.82, 2.24) is 14.6 Å². The first-order valence-electron chi connectivity index (χ1n) is 15.9. The van der Waals surface area contributed by atoms with E-state index in [1.807, 2.05) is 50.4 Å². The lowest BCUT2D eigenvalue weighted by atomic mass is 10.0. The van der Waals surface area contributed by atoms with Crippen LogP contribution in [0.2, 0.25) is 0 Å². The molecule has 0 bridgehead atoms. The Morgan fingerprint density at radius 3 is 2.70 bits per heavy atom. The molecule has 4 atom stereocenters. The number of aromatic nitrogens is 1. The molecule has 3 aliphatic rings. The van der Waals surface area contributed by atoms with Gasteiger partial charge in [0.2, 0.25) is 16.8 Å². The van der Waals surface area contributed by atoms with Crippen LogP contribution in [0.25, 0.3) is 0 Å². The molecule has 12 nitrogen and oxygen atoms in total. The molecule has 254 valence electrons. The van der Waals surface area contributed by atoms with Crippen LogP contribution in [0.3, 0.4) is 0 Å². The van der Waals surface area contributed by atoms with Crippen molar-refractivity contribution >= 4 is 27.5 Å². The smallest absolute Gasteiger partial charge is 0.407 e. The number of amides is 1. The molecule has 47 heavy (non-hydrogen) atoms. The van der Waals surface area contributed by atoms with Gasteiger partial charge < -0.3 is 33.7 Å². The summed E-state index contributed by atoms with van der Waals surface area (Å²) in [6.07, 6.45) is 0.271. The van der Waals surface area contributed by atoms with E-state index in [0.717, 1.165) is 22.7 Å². The number of rotatable bonds is 14. The Bertz CT molecular complexity index is 1630. The summed E-state index contributed by atoms with van der Waals surface area (Å²) in [5.41, 5.74) is 1.83. The zero-order valence-corrected chi connectivity index (χ0v) is 28.4. The minimum absolute atomic E-state index is 0.00770. The number of ether oxygens (including phenoxy) is 6. The number of carbonyl (C=O) groups is 1. The number of hydrogen-bond acceptors (Lipinski definition) is 11. The van der Waals surface area contributed by atoms with Crippen LogP contribution in [-0.4, -0.2) is 75.3 Å². The highest BCUT2D eigenvalue weighted by Crippen LogP contribution is 2.35. The molecular weight excluding hydrogens is 647 g/mol. The van der Waals surface area contributed by atoms with Gasteiger partial charge in [-0.25, -0.2) is 18.2 Å². The maximum atomic E-state index is 13.9. The minimum atomic E-state index is -3.87. The van der Waals surface area contributed by atoms with Crippen LogP contribution in [0.15, 0.2) is 52.7 Å². The van der Waals surface area contributed by atoms with Crippen molar-refractivity contribution in [2.24, 2.45) is 11.8 Å². The van der Waals surface area contributed by atoms with Crippen molar-refractivity contribution in [3.63, 3.8) is 0 Å². The second-order valence-corrected chi connectivity index (χ2v) is 15.4. The summed E-state index contributed by atoms with van der Waals surface area (Å²) in [6.45, 7) is 7.67. The Balaban J connectivity index is 1.15. The Labute approximate surface area is 279 Å². The van der Waals surface area contributed by atoms with Gasteiger partial charge in [0.25, 0.3) is 0 Å². The fourth-order valence-corrected chi connectivity index (χ4v) is 8.18. The Kier molecular flexibility index (Phi) is 10.5. The van der Waals surface area contributed by atoms with Gasteiger partial charge in [-0.2, -0.15) is 4.31 Å². The highest BCUT2D eigenvalue weighted by molar-refractivity contribution is 7.89. The van der Waals surface area contributed by atoms with Crippen molar-refractivity contribution in [3.05, 3.63) is 64.1 Å². The highest BCUT2D eigenvalue weighted by atomic mass is 32.2. The molecule has 0 saturated carbocycles. The number of thiazole rings is 1. The molecule has 0 radical (unpaired) electrons. The number of aryl methyl sites for hydroxylation is 1. The number of alkyl carbamates (subject to hydrolysis) is 1. The molecule has 3 aromatic rings. The fourth-order valence-electron chi connectivity index (χ4n) is 5.95. The van der Waals surface area contributed by atoms with E-state index in [2.05, 4.69) is 10.3 Å². The molecule has 1 N–H and O–H groups in total. The highest BCUT2D eigenvalue weighted by Gasteiger charge is 2.44. The van der Waals surface area contributed by atoms with Crippen molar-refractivity contribution in [2.45, 2.75) is 70.0 Å². The summed E-state index contributed by atoms with van der Waals surface area (Å²) in [6, 6.07) is 11.9. The molecule has 1 aromatic heterocycles. The van der Waals surface area contributed by atoms with Gasteiger partial charge in [-0.15, -0.1) is 11.3 Å². The van der Waals surface area contributed by atoms with Crippen molar-refractivity contribution in [3.8, 4) is 17.2 Å². The molecular formula is C33H41N3O9S2. The fraction of sp³-hybridized carbons (Fsp3) is 0.515. The minimum Gasteiger partial charge on any atom is -0.487 e. The Morgan fingerprint density at radius 2 is 1.94 bits per heavy atom. The first-order chi connectivity index (χ1) is 22.6. The average molecular weight is 688 g/mol. The number of carbonyl (C=O) groups excluding carboxylic acids is 1. The van der Waals surface area contributed by atoms with Crippen molar-refractivity contribution in [2.75, 3.05) is 33.1 Å². The van der Waals surface area contributed by atoms with Gasteiger partial charge in [-0.3, -0.25) is 0 Å². The lowest BCUT2D eigenvalue weighted by Crippen LogP contribution is -2.43. The lowest BCUT2D eigenvalue weighted by Gasteiger charge is -2.27. The maximum absolute atomic E-state index is 13.9. The predicted octanol–water partition coefficient (Wildman–Crippen LogP) is 4.89. The number of fused-ring (bicyclic) bond motifs is 2. The van der Waals surface area contributed by atoms with Crippen molar-refractivity contribution < 1.29 is 41.6 Å². The van der Waals surface area contributed by atoms with Gasteiger partial charge in [-0.1, -0.05) is 26.0 Å². The number of benzene rings is 2. The molecule has 1 amide bonds. The van der Waals surface area contributed by atoms with Crippen LogP contribution in [0, 0.1) is 18.8 Å². The quantitative estimate of drug-likeness (QED) is 0.250. The molecule has 4 heterocycles. The van der Waals surface area contributed by atoms with Crippen LogP contribution >= 0.6 is 11.3 Å². The summed E-state index contributed by atoms with van der Waals surface area (Å²) in [5.74, 6) is 1.70. The third-order valence-electron chi connectivity index (χ3n) is 8.30. The molecule has 0 aliphatic carbocycles. The normalized spacial score (nSPS) is 20.8. The number of sulfonamides is 1. The van der Waals surface area contributed by atoms with Gasteiger partial charge >= 0.3 is 6.09 Å². The summed E-state index contributed by atoms with van der Waals surface area (Å²) >= 11 is 1.58. The van der Waals surface area contributed by atoms with Crippen LogP contribution in [-0.2, 0) is 37.3 Å². The van der Waals surface area contributed by atoms with Gasteiger partial charge in [-0.05, 0) is 61.9 Å². The average Bonchev–Trinajstić information content (AvgIpc) is 3.85. The molecule has 6 rings (SSSR count). The number of nitrogens with zero attached hydrogens (tertiary/aromatic N) is 2. The van der Waals surface area contributed by atoms with E-state index >= 15 is 0 Å². The standard InChI is InChI=1S/C33H41N3O9S2/c1-21(2)16-36(47(38,39)27-8-9-29-30(15-27)44-20-43-29)12-10-24(35-33(37)45-31-18-42-32-28(31)11-13-40-32)14-23-4-6-26(7-5-23)41-17-25-19-46-22(3)34-25/h4-9,15,19,21,24,28,31-32H,10-14,16-18,20H2,1-3H3,(H,35,37)/t24-,28-,31-,32+/m0/s1. The predicted molar refractivity (Wildman–Crippen MR) is 173 cm³/mol. The van der Waals surface area contributed by atoms with Crippen LogP contribution in [0.5, 0.6) is 17.2 Å². The molecule has 0 spiro atoms. The topological polar surface area (TPSA) is 135 Å². The maximum Gasteiger partial charge on any atom is 0.407 e. The number of nitrogens with one attached hydrogen (secondary N) is 1.